The Labute approximate surface area is 201 Å². The number of benzene rings is 2. The Balaban J connectivity index is 1.46. The molecule has 1 aliphatic heterocycles. The van der Waals surface area contributed by atoms with Crippen LogP contribution in [-0.4, -0.2) is 42.0 Å². The van der Waals surface area contributed by atoms with E-state index >= 15 is 0 Å². The normalized spacial score (nSPS) is 14.2. The number of aromatic nitrogens is 1. The summed E-state index contributed by atoms with van der Waals surface area (Å²) in [5.41, 5.74) is 3.33. The molecular formula is C25H21Cl2N3OS. The van der Waals surface area contributed by atoms with Gasteiger partial charge in [-0.05, 0) is 61.5 Å². The first kappa shape index (κ1) is 21.3. The van der Waals surface area contributed by atoms with E-state index in [1.54, 1.807) is 11.3 Å². The van der Waals surface area contributed by atoms with Gasteiger partial charge in [-0.25, -0.2) is 4.98 Å². The summed E-state index contributed by atoms with van der Waals surface area (Å²) >= 11 is 14.1. The predicted molar refractivity (Wildman–Crippen MR) is 134 cm³/mol. The van der Waals surface area contributed by atoms with Gasteiger partial charge in [-0.3, -0.25) is 4.79 Å². The summed E-state index contributed by atoms with van der Waals surface area (Å²) in [5, 5.41) is 2.10. The van der Waals surface area contributed by atoms with Crippen molar-refractivity contribution >= 4 is 57.0 Å². The zero-order chi connectivity index (χ0) is 22.2. The minimum Gasteiger partial charge on any atom is -0.368 e. The van der Waals surface area contributed by atoms with Crippen molar-refractivity contribution < 1.29 is 4.79 Å². The quantitative estimate of drug-likeness (QED) is 0.333. The van der Waals surface area contributed by atoms with Gasteiger partial charge in [0.15, 0.2) is 0 Å². The largest absolute Gasteiger partial charge is 0.368 e. The van der Waals surface area contributed by atoms with E-state index in [9.17, 15) is 4.79 Å². The van der Waals surface area contributed by atoms with E-state index in [4.69, 9.17) is 28.2 Å². The molecule has 0 N–H and O–H groups in total. The maximum atomic E-state index is 13.6. The third-order valence-electron chi connectivity index (χ3n) is 5.73. The number of fused-ring (bicyclic) bond motifs is 1. The van der Waals surface area contributed by atoms with Gasteiger partial charge in [0.25, 0.3) is 5.91 Å². The molecule has 2 aromatic carbocycles. The number of piperazine rings is 1. The number of nitrogens with zero attached hydrogens (tertiary/aromatic N) is 3. The lowest BCUT2D eigenvalue weighted by Crippen LogP contribution is -2.48. The second-order valence-corrected chi connectivity index (χ2v) is 10.0. The molecule has 5 rings (SSSR count). The molecule has 0 unspecified atom stereocenters. The van der Waals surface area contributed by atoms with Gasteiger partial charge in [-0.15, -0.1) is 11.3 Å². The Morgan fingerprint density at radius 1 is 0.938 bits per heavy atom. The third-order valence-corrected chi connectivity index (χ3v) is 7.23. The van der Waals surface area contributed by atoms with Gasteiger partial charge in [0.1, 0.15) is 0 Å². The smallest absolute Gasteiger partial charge is 0.254 e. The molecule has 0 bridgehead atoms. The Kier molecular flexibility index (Phi) is 5.80. The van der Waals surface area contributed by atoms with E-state index < -0.39 is 0 Å². The number of thiophene rings is 1. The fourth-order valence-corrected chi connectivity index (χ4v) is 5.27. The fraction of sp³-hybridized carbons (Fsp3) is 0.200. The average Bonchev–Trinajstić information content (AvgIpc) is 3.24. The van der Waals surface area contributed by atoms with Crippen molar-refractivity contribution in [3.63, 3.8) is 0 Å². The number of pyridine rings is 1. The maximum absolute atomic E-state index is 13.6. The summed E-state index contributed by atoms with van der Waals surface area (Å²) in [6, 6.07) is 19.4. The van der Waals surface area contributed by atoms with E-state index in [1.807, 2.05) is 47.4 Å². The summed E-state index contributed by atoms with van der Waals surface area (Å²) < 4.78 is 0. The molecule has 3 heterocycles. The Hall–Kier alpha value is -2.60. The van der Waals surface area contributed by atoms with Crippen LogP contribution in [0.25, 0.3) is 21.5 Å². The predicted octanol–water partition coefficient (Wildman–Crippen LogP) is 6.54. The van der Waals surface area contributed by atoms with Crippen molar-refractivity contribution in [2.45, 2.75) is 6.92 Å². The van der Waals surface area contributed by atoms with Crippen LogP contribution in [0.3, 0.4) is 0 Å². The topological polar surface area (TPSA) is 36.4 Å². The fourth-order valence-electron chi connectivity index (χ4n) is 4.08. The first-order valence-corrected chi connectivity index (χ1v) is 12.0. The van der Waals surface area contributed by atoms with Crippen LogP contribution in [0.4, 0.5) is 5.69 Å². The van der Waals surface area contributed by atoms with Crippen LogP contribution in [0.15, 0.2) is 60.7 Å². The number of rotatable bonds is 3. The minimum absolute atomic E-state index is 0.0138. The van der Waals surface area contributed by atoms with Crippen LogP contribution in [0, 0.1) is 6.92 Å². The molecule has 1 aliphatic rings. The van der Waals surface area contributed by atoms with E-state index in [2.05, 4.69) is 30.0 Å². The highest BCUT2D eigenvalue weighted by Gasteiger charge is 2.25. The first-order valence-electron chi connectivity index (χ1n) is 10.4. The summed E-state index contributed by atoms with van der Waals surface area (Å²) in [6.07, 6.45) is 0. The minimum atomic E-state index is 0.0138. The van der Waals surface area contributed by atoms with Crippen LogP contribution >= 0.6 is 34.5 Å². The van der Waals surface area contributed by atoms with Crippen molar-refractivity contribution in [1.82, 2.24) is 9.88 Å². The number of carbonyl (C=O) groups is 1. The van der Waals surface area contributed by atoms with Crippen molar-refractivity contribution in [2.75, 3.05) is 31.1 Å². The highest BCUT2D eigenvalue weighted by atomic mass is 35.5. The summed E-state index contributed by atoms with van der Waals surface area (Å²) in [5.74, 6) is 0.0138. The molecular weight excluding hydrogens is 461 g/mol. The number of amides is 1. The zero-order valence-electron chi connectivity index (χ0n) is 17.5. The Morgan fingerprint density at radius 2 is 1.72 bits per heavy atom. The van der Waals surface area contributed by atoms with Crippen LogP contribution < -0.4 is 4.90 Å². The molecule has 0 radical (unpaired) electrons. The van der Waals surface area contributed by atoms with Gasteiger partial charge < -0.3 is 9.80 Å². The number of halogens is 2. The second kappa shape index (κ2) is 8.74. The molecule has 2 aromatic heterocycles. The molecule has 0 spiro atoms. The van der Waals surface area contributed by atoms with Crippen LogP contribution in [0.2, 0.25) is 10.0 Å². The SMILES string of the molecule is Cc1ccc(-c2cc(C(=O)N3CCN(c4cccc(Cl)c4)CC3)c3cc(Cl)ccc3n2)s1. The number of aryl methyl sites for hydroxylation is 1. The Morgan fingerprint density at radius 3 is 2.44 bits per heavy atom. The highest BCUT2D eigenvalue weighted by molar-refractivity contribution is 7.15. The van der Waals surface area contributed by atoms with Gasteiger partial charge in [0, 0.05) is 52.2 Å². The number of anilines is 1. The maximum Gasteiger partial charge on any atom is 0.254 e. The van der Waals surface area contributed by atoms with Gasteiger partial charge in [-0.2, -0.15) is 0 Å². The summed E-state index contributed by atoms with van der Waals surface area (Å²) in [6.45, 7) is 4.87. The van der Waals surface area contributed by atoms with Crippen LogP contribution in [0.1, 0.15) is 15.2 Å². The molecule has 7 heteroatoms. The van der Waals surface area contributed by atoms with Gasteiger partial charge >= 0.3 is 0 Å². The molecule has 4 aromatic rings. The standard InChI is InChI=1S/C25H21Cl2N3OS/c1-16-5-8-24(32-16)23-15-21(20-14-18(27)6-7-22(20)28-23)25(31)30-11-9-29(10-12-30)19-4-2-3-17(26)13-19/h2-8,13-15H,9-12H2,1H3. The zero-order valence-corrected chi connectivity index (χ0v) is 19.8. The molecule has 0 atom stereocenters. The van der Waals surface area contributed by atoms with Crippen molar-refractivity contribution in [3.8, 4) is 10.6 Å². The van der Waals surface area contributed by atoms with E-state index in [0.717, 1.165) is 45.3 Å². The van der Waals surface area contributed by atoms with E-state index in [0.29, 0.717) is 23.7 Å². The number of carbonyl (C=O) groups excluding carboxylic acids is 1. The van der Waals surface area contributed by atoms with E-state index in [-0.39, 0.29) is 5.91 Å². The molecule has 1 amide bonds. The molecule has 32 heavy (non-hydrogen) atoms. The molecule has 162 valence electrons. The molecule has 1 saturated heterocycles. The number of hydrogen-bond donors (Lipinski definition) is 0. The highest BCUT2D eigenvalue weighted by Crippen LogP contribution is 2.32. The monoisotopic (exact) mass is 481 g/mol. The Bertz CT molecular complexity index is 1310. The molecule has 0 aliphatic carbocycles. The van der Waals surface area contributed by atoms with Gasteiger partial charge in [0.05, 0.1) is 21.7 Å². The molecule has 0 saturated carbocycles. The van der Waals surface area contributed by atoms with E-state index in [1.165, 1.54) is 4.88 Å². The average molecular weight is 482 g/mol. The lowest BCUT2D eigenvalue weighted by atomic mass is 10.0. The van der Waals surface area contributed by atoms with Crippen LogP contribution in [0.5, 0.6) is 0 Å². The summed E-state index contributed by atoms with van der Waals surface area (Å²) in [4.78, 5) is 24.9. The van der Waals surface area contributed by atoms with Crippen molar-refractivity contribution in [1.29, 1.82) is 0 Å². The van der Waals surface area contributed by atoms with Crippen molar-refractivity contribution in [2.24, 2.45) is 0 Å². The number of hydrogen-bond acceptors (Lipinski definition) is 4. The molecule has 4 nitrogen and oxygen atoms in total. The second-order valence-electron chi connectivity index (χ2n) is 7.89. The summed E-state index contributed by atoms with van der Waals surface area (Å²) in [7, 11) is 0. The van der Waals surface area contributed by atoms with Gasteiger partial charge in [0.2, 0.25) is 0 Å². The lowest BCUT2D eigenvalue weighted by molar-refractivity contribution is 0.0748. The third kappa shape index (κ3) is 4.20. The molecule has 1 fully saturated rings. The lowest BCUT2D eigenvalue weighted by Gasteiger charge is -2.36. The van der Waals surface area contributed by atoms with Crippen LogP contribution in [-0.2, 0) is 0 Å². The van der Waals surface area contributed by atoms with Gasteiger partial charge in [-0.1, -0.05) is 29.3 Å². The van der Waals surface area contributed by atoms with Crippen molar-refractivity contribution in [3.05, 3.63) is 81.1 Å². The first-order chi connectivity index (χ1) is 15.5.